The summed E-state index contributed by atoms with van der Waals surface area (Å²) in [5.74, 6) is -1.68. The minimum atomic E-state index is -0.825. The van der Waals surface area contributed by atoms with Crippen LogP contribution in [0.3, 0.4) is 0 Å². The van der Waals surface area contributed by atoms with Crippen molar-refractivity contribution in [2.24, 2.45) is 0 Å². The summed E-state index contributed by atoms with van der Waals surface area (Å²) < 4.78 is 0.934. The van der Waals surface area contributed by atoms with Gasteiger partial charge >= 0.3 is 5.91 Å². The van der Waals surface area contributed by atoms with Gasteiger partial charge in [0.2, 0.25) is 0 Å². The van der Waals surface area contributed by atoms with E-state index in [1.54, 1.807) is 48.5 Å². The third-order valence-corrected chi connectivity index (χ3v) is 7.00. The van der Waals surface area contributed by atoms with Crippen molar-refractivity contribution in [3.63, 3.8) is 0 Å². The van der Waals surface area contributed by atoms with Gasteiger partial charge in [0.25, 0.3) is 5.78 Å². The van der Waals surface area contributed by atoms with Gasteiger partial charge in [-0.25, -0.2) is 4.98 Å². The molecule has 0 aliphatic carbocycles. The fourth-order valence-corrected chi connectivity index (χ4v) is 5.20. The van der Waals surface area contributed by atoms with Crippen molar-refractivity contribution in [3.8, 4) is 0 Å². The monoisotopic (exact) mass is 474 g/mol. The molecule has 1 aromatic heterocycles. The highest BCUT2D eigenvalue weighted by Gasteiger charge is 2.48. The Balaban J connectivity index is 1.72. The maximum absolute atomic E-state index is 13.3. The van der Waals surface area contributed by atoms with Gasteiger partial charge in [-0.05, 0) is 41.8 Å². The number of benzene rings is 3. The molecule has 5 nitrogen and oxygen atoms in total. The second kappa shape index (κ2) is 8.46. The molecule has 1 fully saturated rings. The summed E-state index contributed by atoms with van der Waals surface area (Å²) >= 11 is 7.44. The Kier molecular flexibility index (Phi) is 5.48. The summed E-state index contributed by atoms with van der Waals surface area (Å²) in [4.78, 5) is 32.5. The number of carbonyl (C=O) groups excluding carboxylic acids is 2. The van der Waals surface area contributed by atoms with Crippen LogP contribution in [0.5, 0.6) is 0 Å². The van der Waals surface area contributed by atoms with Gasteiger partial charge in [-0.15, -0.1) is 0 Å². The van der Waals surface area contributed by atoms with Crippen molar-refractivity contribution >= 4 is 55.7 Å². The van der Waals surface area contributed by atoms with Crippen molar-refractivity contribution in [1.82, 2.24) is 4.98 Å². The number of rotatable bonds is 4. The fraction of sp³-hybridized carbons (Fsp3) is 0.115. The van der Waals surface area contributed by atoms with Crippen LogP contribution in [0, 0.1) is 0 Å². The van der Waals surface area contributed by atoms with E-state index in [1.807, 2.05) is 24.3 Å². The standard InChI is InChI=1S/C26H19ClN2O3S/c1-2-15-8-13-19-20(14-15)33-26(28-19)29-22(16-9-11-18(27)12-10-16)21(24(31)25(29)32)23(30)17-6-4-3-5-7-17/h3-14,22,30H,2H2,1H3/b23-21+/t22-/m1/s1. The van der Waals surface area contributed by atoms with E-state index in [0.717, 1.165) is 22.2 Å². The van der Waals surface area contributed by atoms with Gasteiger partial charge in [0, 0.05) is 10.6 Å². The number of nitrogens with zero attached hydrogens (tertiary/aromatic N) is 2. The number of halogens is 1. The number of hydrogen-bond donors (Lipinski definition) is 1. The largest absolute Gasteiger partial charge is 0.507 e. The van der Waals surface area contributed by atoms with E-state index in [0.29, 0.717) is 21.3 Å². The smallest absolute Gasteiger partial charge is 0.301 e. The molecule has 7 heteroatoms. The molecule has 5 rings (SSSR count). The Hall–Kier alpha value is -3.48. The average Bonchev–Trinajstić information content (AvgIpc) is 3.37. The van der Waals surface area contributed by atoms with Crippen molar-refractivity contribution in [3.05, 3.63) is 100 Å². The van der Waals surface area contributed by atoms with Crippen molar-refractivity contribution in [2.45, 2.75) is 19.4 Å². The average molecular weight is 475 g/mol. The quantitative estimate of drug-likeness (QED) is 0.219. The third-order valence-electron chi connectivity index (χ3n) is 5.73. The lowest BCUT2D eigenvalue weighted by atomic mass is 9.95. The number of aryl methyl sites for hydroxylation is 1. The molecule has 1 saturated heterocycles. The van der Waals surface area contributed by atoms with Crippen LogP contribution in [-0.4, -0.2) is 21.8 Å². The van der Waals surface area contributed by atoms with Gasteiger partial charge in [-0.2, -0.15) is 0 Å². The Morgan fingerprint density at radius 3 is 2.48 bits per heavy atom. The van der Waals surface area contributed by atoms with Crippen molar-refractivity contribution < 1.29 is 14.7 Å². The Bertz CT molecular complexity index is 1410. The van der Waals surface area contributed by atoms with Crippen LogP contribution in [0.1, 0.15) is 29.7 Å². The molecule has 1 atom stereocenters. The molecule has 1 aliphatic rings. The van der Waals surface area contributed by atoms with E-state index in [1.165, 1.54) is 16.2 Å². The molecule has 0 spiro atoms. The number of hydrogen-bond acceptors (Lipinski definition) is 5. The van der Waals surface area contributed by atoms with Crippen LogP contribution in [0.25, 0.3) is 16.0 Å². The molecular weight excluding hydrogens is 456 g/mol. The van der Waals surface area contributed by atoms with Crippen LogP contribution in [-0.2, 0) is 16.0 Å². The summed E-state index contributed by atoms with van der Waals surface area (Å²) in [6.07, 6.45) is 0.884. The molecule has 1 aliphatic heterocycles. The minimum Gasteiger partial charge on any atom is -0.507 e. The predicted octanol–water partition coefficient (Wildman–Crippen LogP) is 6.14. The number of aliphatic hydroxyl groups excluding tert-OH is 1. The predicted molar refractivity (Wildman–Crippen MR) is 132 cm³/mol. The normalized spacial score (nSPS) is 17.8. The fourth-order valence-electron chi connectivity index (χ4n) is 4.02. The highest BCUT2D eigenvalue weighted by molar-refractivity contribution is 7.22. The number of Topliss-reactive ketones (excluding diaryl/α,β-unsaturated/α-hetero) is 1. The topological polar surface area (TPSA) is 70.5 Å². The Morgan fingerprint density at radius 1 is 1.06 bits per heavy atom. The van der Waals surface area contributed by atoms with Crippen LogP contribution in [0.15, 0.2) is 78.4 Å². The number of fused-ring (bicyclic) bond motifs is 1. The number of ketones is 1. The second-order valence-corrected chi connectivity index (χ2v) is 9.18. The highest BCUT2D eigenvalue weighted by Crippen LogP contribution is 2.44. The van der Waals surface area contributed by atoms with Crippen molar-refractivity contribution in [2.75, 3.05) is 4.90 Å². The first-order valence-electron chi connectivity index (χ1n) is 10.5. The van der Waals surface area contributed by atoms with Gasteiger partial charge in [-0.3, -0.25) is 14.5 Å². The maximum atomic E-state index is 13.3. The lowest BCUT2D eigenvalue weighted by molar-refractivity contribution is -0.132. The first-order valence-corrected chi connectivity index (χ1v) is 11.7. The Morgan fingerprint density at radius 2 is 1.79 bits per heavy atom. The first kappa shape index (κ1) is 21.4. The molecule has 3 aromatic carbocycles. The van der Waals surface area contributed by atoms with E-state index in [-0.39, 0.29) is 11.3 Å². The van der Waals surface area contributed by atoms with E-state index in [4.69, 9.17) is 11.6 Å². The molecule has 4 aromatic rings. The Labute approximate surface area is 199 Å². The first-order chi connectivity index (χ1) is 16.0. The SMILES string of the molecule is CCc1ccc2nc(N3C(=O)C(=O)/C(=C(/O)c4ccccc4)[C@H]3c3ccc(Cl)cc3)sc2c1. The summed E-state index contributed by atoms with van der Waals surface area (Å²) in [6, 6.07) is 20.8. The van der Waals surface area contributed by atoms with Crippen LogP contribution >= 0.6 is 22.9 Å². The number of thiazole rings is 1. The van der Waals surface area contributed by atoms with Crippen LogP contribution < -0.4 is 4.90 Å². The zero-order valence-electron chi connectivity index (χ0n) is 17.7. The summed E-state index contributed by atoms with van der Waals surface area (Å²) in [7, 11) is 0. The molecule has 0 saturated carbocycles. The molecule has 0 bridgehead atoms. The highest BCUT2D eigenvalue weighted by atomic mass is 35.5. The molecule has 33 heavy (non-hydrogen) atoms. The number of amides is 1. The van der Waals surface area contributed by atoms with Gasteiger partial charge in [-0.1, -0.05) is 78.4 Å². The second-order valence-electron chi connectivity index (χ2n) is 7.74. The molecule has 1 N–H and O–H groups in total. The van der Waals surface area contributed by atoms with Gasteiger partial charge in [0.1, 0.15) is 5.76 Å². The number of aliphatic hydroxyl groups is 1. The molecule has 2 heterocycles. The minimum absolute atomic E-state index is 0.0297. The molecule has 164 valence electrons. The van der Waals surface area contributed by atoms with E-state index in [9.17, 15) is 14.7 Å². The zero-order chi connectivity index (χ0) is 23.1. The lowest BCUT2D eigenvalue weighted by Crippen LogP contribution is -2.29. The van der Waals surface area contributed by atoms with Gasteiger partial charge < -0.3 is 5.11 Å². The van der Waals surface area contributed by atoms with E-state index < -0.39 is 17.7 Å². The number of carbonyl (C=O) groups is 2. The molecular formula is C26H19ClN2O3S. The van der Waals surface area contributed by atoms with Crippen LogP contribution in [0.2, 0.25) is 5.02 Å². The van der Waals surface area contributed by atoms with Gasteiger partial charge in [0.15, 0.2) is 5.13 Å². The van der Waals surface area contributed by atoms with Crippen molar-refractivity contribution in [1.29, 1.82) is 0 Å². The third kappa shape index (κ3) is 3.71. The summed E-state index contributed by atoms with van der Waals surface area (Å²) in [6.45, 7) is 2.08. The molecule has 1 amide bonds. The van der Waals surface area contributed by atoms with E-state index >= 15 is 0 Å². The zero-order valence-corrected chi connectivity index (χ0v) is 19.2. The molecule has 0 unspecified atom stereocenters. The van der Waals surface area contributed by atoms with Crippen LogP contribution in [0.4, 0.5) is 5.13 Å². The summed E-state index contributed by atoms with van der Waals surface area (Å²) in [5, 5.41) is 12.0. The van der Waals surface area contributed by atoms with E-state index in [2.05, 4.69) is 11.9 Å². The maximum Gasteiger partial charge on any atom is 0.301 e. The number of anilines is 1. The molecule has 0 radical (unpaired) electrons. The summed E-state index contributed by atoms with van der Waals surface area (Å²) in [5.41, 5.74) is 3.07. The lowest BCUT2D eigenvalue weighted by Gasteiger charge is -2.23. The number of aromatic nitrogens is 1. The van der Waals surface area contributed by atoms with Gasteiger partial charge in [0.05, 0.1) is 21.8 Å².